The van der Waals surface area contributed by atoms with E-state index in [4.69, 9.17) is 4.74 Å². The van der Waals surface area contributed by atoms with E-state index in [1.807, 2.05) is 35.2 Å². The van der Waals surface area contributed by atoms with Crippen LogP contribution in [0.15, 0.2) is 72.9 Å². The van der Waals surface area contributed by atoms with Gasteiger partial charge < -0.3 is 10.1 Å². The molecule has 2 saturated carbocycles. The van der Waals surface area contributed by atoms with Crippen molar-refractivity contribution in [2.45, 2.75) is 69.4 Å². The summed E-state index contributed by atoms with van der Waals surface area (Å²) in [5, 5.41) is 10.1. The van der Waals surface area contributed by atoms with Gasteiger partial charge in [0.15, 0.2) is 0 Å². The lowest BCUT2D eigenvalue weighted by atomic mass is 9.69. The molecule has 2 unspecified atom stereocenters. The van der Waals surface area contributed by atoms with Crippen molar-refractivity contribution < 1.29 is 9.53 Å². The molecular weight excluding hydrogens is 466 g/mol. The first-order valence-electron chi connectivity index (χ1n) is 13.4. The molecule has 2 aliphatic carbocycles. The fourth-order valence-electron chi connectivity index (χ4n) is 5.86. The number of nitrogens with zero attached hydrogens (tertiary/aromatic N) is 2. The van der Waals surface area contributed by atoms with Crippen LogP contribution in [0, 0.1) is 11.8 Å². The van der Waals surface area contributed by atoms with Gasteiger partial charge in [-0.15, -0.1) is 17.9 Å². The summed E-state index contributed by atoms with van der Waals surface area (Å²) in [7, 11) is 0. The van der Waals surface area contributed by atoms with Crippen molar-refractivity contribution in [3.8, 4) is 5.69 Å². The second-order valence-electron chi connectivity index (χ2n) is 10.3. The first-order valence-corrected chi connectivity index (χ1v) is 14.2. The standard InChI is InChI=1S/C30H37N3O2S/c1-2-24-19-27(35-29(34)30(28-13-10-18-36-28)15-8-3-4-9-16-30)26(24)14-17-31-20-23-21-32-33(22-23)25-11-6-5-7-12-25/h2,5-7,10-13,18,21-22,24,26-27,31H,1,3-4,8-9,14-17,19-20H2/t24?,26?,27-/m0/s1. The van der Waals surface area contributed by atoms with Crippen molar-refractivity contribution in [2.75, 3.05) is 6.54 Å². The molecule has 5 nitrogen and oxygen atoms in total. The molecule has 3 aromatic rings. The lowest BCUT2D eigenvalue weighted by molar-refractivity contribution is -0.169. The van der Waals surface area contributed by atoms with Gasteiger partial charge in [0.2, 0.25) is 0 Å². The van der Waals surface area contributed by atoms with Crippen LogP contribution in [0.1, 0.15) is 61.8 Å². The SMILES string of the molecule is C=CC1C[C@H](OC(=O)C2(c3cccs3)CCCCCC2)C1CCNCc1cnn(-c2ccccc2)c1. The van der Waals surface area contributed by atoms with Gasteiger partial charge in [-0.05, 0) is 61.7 Å². The molecule has 0 amide bonds. The Kier molecular flexibility index (Phi) is 8.02. The minimum absolute atomic E-state index is 0.00523. The van der Waals surface area contributed by atoms with Crippen LogP contribution in [-0.4, -0.2) is 28.4 Å². The van der Waals surface area contributed by atoms with E-state index in [-0.39, 0.29) is 12.1 Å². The predicted octanol–water partition coefficient (Wildman–Crippen LogP) is 6.44. The lowest BCUT2D eigenvalue weighted by Gasteiger charge is -2.44. The van der Waals surface area contributed by atoms with Crippen LogP contribution in [0.5, 0.6) is 0 Å². The summed E-state index contributed by atoms with van der Waals surface area (Å²) in [4.78, 5) is 14.9. The molecule has 2 aromatic heterocycles. The van der Waals surface area contributed by atoms with Crippen molar-refractivity contribution >= 4 is 17.3 Å². The van der Waals surface area contributed by atoms with Gasteiger partial charge in [-0.3, -0.25) is 4.79 Å². The summed E-state index contributed by atoms with van der Waals surface area (Å²) in [6.45, 7) is 5.68. The number of nitrogens with one attached hydrogen (secondary N) is 1. The fraction of sp³-hybridized carbons (Fsp3) is 0.467. The van der Waals surface area contributed by atoms with Crippen LogP contribution in [0.3, 0.4) is 0 Å². The Hall–Kier alpha value is -2.70. The van der Waals surface area contributed by atoms with Crippen LogP contribution in [-0.2, 0) is 21.5 Å². The van der Waals surface area contributed by atoms with Crippen LogP contribution in [0.4, 0.5) is 0 Å². The molecule has 0 aliphatic heterocycles. The molecule has 6 heteroatoms. The Morgan fingerprint density at radius 1 is 1.17 bits per heavy atom. The zero-order valence-corrected chi connectivity index (χ0v) is 21.8. The number of rotatable bonds is 10. The van der Waals surface area contributed by atoms with Crippen LogP contribution >= 0.6 is 11.3 Å². The second-order valence-corrected chi connectivity index (χ2v) is 11.3. The monoisotopic (exact) mass is 503 g/mol. The highest BCUT2D eigenvalue weighted by Gasteiger charge is 2.47. The van der Waals surface area contributed by atoms with E-state index in [1.54, 1.807) is 11.3 Å². The average molecular weight is 504 g/mol. The van der Waals surface area contributed by atoms with E-state index in [0.717, 1.165) is 62.9 Å². The Bertz CT molecular complexity index is 1120. The van der Waals surface area contributed by atoms with Gasteiger partial charge in [0.05, 0.1) is 11.9 Å². The summed E-state index contributed by atoms with van der Waals surface area (Å²) in [6.07, 6.45) is 14.3. The normalized spacial score (nSPS) is 23.4. The third-order valence-electron chi connectivity index (χ3n) is 8.07. The largest absolute Gasteiger partial charge is 0.461 e. The maximum Gasteiger partial charge on any atom is 0.317 e. The predicted molar refractivity (Wildman–Crippen MR) is 145 cm³/mol. The smallest absolute Gasteiger partial charge is 0.317 e. The van der Waals surface area contributed by atoms with Gasteiger partial charge in [-0.2, -0.15) is 5.10 Å². The molecular formula is C30H37N3O2S. The Balaban J connectivity index is 1.15. The van der Waals surface area contributed by atoms with Crippen molar-refractivity contribution in [2.24, 2.45) is 11.8 Å². The lowest BCUT2D eigenvalue weighted by Crippen LogP contribution is -2.48. The number of thiophene rings is 1. The summed E-state index contributed by atoms with van der Waals surface area (Å²) < 4.78 is 8.21. The molecule has 190 valence electrons. The first-order chi connectivity index (χ1) is 17.7. The van der Waals surface area contributed by atoms with Crippen molar-refractivity contribution in [1.82, 2.24) is 15.1 Å². The first kappa shape index (κ1) is 25.0. The minimum atomic E-state index is -0.453. The van der Waals surface area contributed by atoms with E-state index in [0.29, 0.717) is 11.8 Å². The molecule has 0 bridgehead atoms. The Labute approximate surface area is 218 Å². The van der Waals surface area contributed by atoms with E-state index in [9.17, 15) is 4.79 Å². The Morgan fingerprint density at radius 3 is 2.69 bits per heavy atom. The molecule has 5 rings (SSSR count). The van der Waals surface area contributed by atoms with E-state index < -0.39 is 5.41 Å². The van der Waals surface area contributed by atoms with Crippen LogP contribution < -0.4 is 5.32 Å². The van der Waals surface area contributed by atoms with Gasteiger partial charge in [0.1, 0.15) is 11.5 Å². The molecule has 2 heterocycles. The summed E-state index contributed by atoms with van der Waals surface area (Å²) in [6, 6.07) is 14.3. The highest BCUT2D eigenvalue weighted by atomic mass is 32.1. The van der Waals surface area contributed by atoms with Crippen molar-refractivity contribution in [1.29, 1.82) is 0 Å². The molecule has 0 saturated heterocycles. The van der Waals surface area contributed by atoms with E-state index in [2.05, 4.69) is 52.8 Å². The average Bonchev–Trinajstić information content (AvgIpc) is 3.55. The van der Waals surface area contributed by atoms with Gasteiger partial charge in [-0.1, -0.05) is 56.0 Å². The number of benzene rings is 1. The number of para-hydroxylation sites is 1. The van der Waals surface area contributed by atoms with Gasteiger partial charge in [0, 0.05) is 29.1 Å². The maximum atomic E-state index is 13.7. The fourth-order valence-corrected chi connectivity index (χ4v) is 6.84. The summed E-state index contributed by atoms with van der Waals surface area (Å²) >= 11 is 1.71. The highest BCUT2D eigenvalue weighted by Crippen LogP contribution is 2.45. The number of allylic oxidation sites excluding steroid dienone is 1. The third kappa shape index (κ3) is 5.35. The minimum Gasteiger partial charge on any atom is -0.461 e. The number of carbonyl (C=O) groups is 1. The number of ether oxygens (including phenoxy) is 1. The molecule has 2 fully saturated rings. The van der Waals surface area contributed by atoms with Gasteiger partial charge in [0.25, 0.3) is 0 Å². The zero-order valence-electron chi connectivity index (χ0n) is 21.0. The number of carbonyl (C=O) groups excluding carboxylic acids is 1. The van der Waals surface area contributed by atoms with Crippen molar-refractivity contribution in [3.05, 3.63) is 83.3 Å². The number of hydrogen-bond donors (Lipinski definition) is 1. The molecule has 36 heavy (non-hydrogen) atoms. The second kappa shape index (κ2) is 11.6. The third-order valence-corrected chi connectivity index (χ3v) is 9.15. The number of hydrogen-bond acceptors (Lipinski definition) is 5. The maximum absolute atomic E-state index is 13.7. The van der Waals surface area contributed by atoms with Crippen LogP contribution in [0.25, 0.3) is 5.69 Å². The topological polar surface area (TPSA) is 56.1 Å². The summed E-state index contributed by atoms with van der Waals surface area (Å²) in [5.74, 6) is 0.750. The Morgan fingerprint density at radius 2 is 1.97 bits per heavy atom. The van der Waals surface area contributed by atoms with Gasteiger partial charge in [-0.25, -0.2) is 4.68 Å². The quantitative estimate of drug-likeness (QED) is 0.150. The highest BCUT2D eigenvalue weighted by molar-refractivity contribution is 7.10. The molecule has 2 aliphatic rings. The zero-order chi connectivity index (χ0) is 24.8. The molecule has 0 radical (unpaired) electrons. The summed E-state index contributed by atoms with van der Waals surface area (Å²) in [5.41, 5.74) is 1.76. The molecule has 1 N–H and O–H groups in total. The molecule has 3 atom stereocenters. The van der Waals surface area contributed by atoms with E-state index >= 15 is 0 Å². The molecule has 0 spiro atoms. The van der Waals surface area contributed by atoms with Crippen molar-refractivity contribution in [3.63, 3.8) is 0 Å². The van der Waals surface area contributed by atoms with Crippen LogP contribution in [0.2, 0.25) is 0 Å². The number of aromatic nitrogens is 2. The van der Waals surface area contributed by atoms with Gasteiger partial charge >= 0.3 is 5.97 Å². The number of esters is 1. The molecule has 1 aromatic carbocycles. The van der Waals surface area contributed by atoms with E-state index in [1.165, 1.54) is 17.7 Å².